The predicted molar refractivity (Wildman–Crippen MR) is 198 cm³/mol. The zero-order valence-corrected chi connectivity index (χ0v) is 26.3. The smallest absolute Gasteiger partial charge is 0.181 e. The summed E-state index contributed by atoms with van der Waals surface area (Å²) >= 11 is 0. The van der Waals surface area contributed by atoms with Gasteiger partial charge in [0.05, 0.1) is 11.2 Å². The third-order valence-electron chi connectivity index (χ3n) is 9.38. The Hall–Kier alpha value is -6.26. The summed E-state index contributed by atoms with van der Waals surface area (Å²) in [7, 11) is 0. The first-order valence-electron chi connectivity index (χ1n) is 16.5. The first-order chi connectivity index (χ1) is 23.8. The summed E-state index contributed by atoms with van der Waals surface area (Å²) in [5.41, 5.74) is 14.2. The SMILES string of the molecule is C1=Cc2c(n(-c3ccc(-c4ccccc4)cc3-c3ccc(-c4nc(-c5cccc(-c6ccccc6)c5)n[nH]4)cc3)c3ccccc23)CC1. The minimum Gasteiger partial charge on any atom is -0.312 e. The zero-order valence-electron chi connectivity index (χ0n) is 26.3. The lowest BCUT2D eigenvalue weighted by molar-refractivity contribution is 0.889. The fraction of sp³-hybridized carbons (Fsp3) is 0.0455. The van der Waals surface area contributed by atoms with Gasteiger partial charge in [0.15, 0.2) is 11.6 Å². The van der Waals surface area contributed by atoms with E-state index in [4.69, 9.17) is 4.98 Å². The van der Waals surface area contributed by atoms with E-state index in [1.54, 1.807) is 0 Å². The van der Waals surface area contributed by atoms with Gasteiger partial charge in [0.25, 0.3) is 0 Å². The molecule has 0 saturated carbocycles. The number of rotatable bonds is 6. The molecule has 8 aromatic rings. The number of para-hydroxylation sites is 1. The van der Waals surface area contributed by atoms with E-state index in [-0.39, 0.29) is 0 Å². The molecule has 0 unspecified atom stereocenters. The maximum atomic E-state index is 4.91. The number of benzene rings is 6. The molecular formula is C44H32N4. The van der Waals surface area contributed by atoms with Crippen LogP contribution in [0.25, 0.3) is 78.8 Å². The van der Waals surface area contributed by atoms with Crippen LogP contribution >= 0.6 is 0 Å². The fourth-order valence-corrected chi connectivity index (χ4v) is 7.02. The highest BCUT2D eigenvalue weighted by Crippen LogP contribution is 2.39. The molecule has 0 spiro atoms. The Kier molecular flexibility index (Phi) is 6.90. The number of fused-ring (bicyclic) bond motifs is 3. The average Bonchev–Trinajstić information content (AvgIpc) is 3.80. The van der Waals surface area contributed by atoms with Gasteiger partial charge >= 0.3 is 0 Å². The molecule has 6 aromatic carbocycles. The van der Waals surface area contributed by atoms with Crippen LogP contribution in [-0.2, 0) is 6.42 Å². The minimum absolute atomic E-state index is 0.683. The van der Waals surface area contributed by atoms with Gasteiger partial charge in [-0.3, -0.25) is 5.10 Å². The first-order valence-corrected chi connectivity index (χ1v) is 16.5. The molecule has 1 N–H and O–H groups in total. The molecule has 0 bridgehead atoms. The zero-order chi connectivity index (χ0) is 31.9. The van der Waals surface area contributed by atoms with E-state index in [9.17, 15) is 0 Å². The lowest BCUT2D eigenvalue weighted by Gasteiger charge is -2.19. The summed E-state index contributed by atoms with van der Waals surface area (Å²) < 4.78 is 2.48. The maximum absolute atomic E-state index is 4.91. The van der Waals surface area contributed by atoms with Crippen molar-refractivity contribution in [3.8, 4) is 61.8 Å². The van der Waals surface area contributed by atoms with Crippen LogP contribution in [0.15, 0.2) is 158 Å². The molecule has 4 nitrogen and oxygen atoms in total. The number of aromatic nitrogens is 4. The highest BCUT2D eigenvalue weighted by atomic mass is 15.2. The fourth-order valence-electron chi connectivity index (χ4n) is 7.02. The normalized spacial score (nSPS) is 12.3. The number of nitrogens with zero attached hydrogens (tertiary/aromatic N) is 3. The van der Waals surface area contributed by atoms with Crippen LogP contribution in [0.4, 0.5) is 0 Å². The quantitative estimate of drug-likeness (QED) is 0.202. The van der Waals surface area contributed by atoms with Crippen LogP contribution in [0.2, 0.25) is 0 Å². The van der Waals surface area contributed by atoms with E-state index < -0.39 is 0 Å². The van der Waals surface area contributed by atoms with Crippen LogP contribution in [0, 0.1) is 0 Å². The lowest BCUT2D eigenvalue weighted by atomic mass is 9.96. The molecule has 2 aromatic heterocycles. The molecule has 0 fully saturated rings. The first kappa shape index (κ1) is 28.0. The van der Waals surface area contributed by atoms with Gasteiger partial charge in [-0.1, -0.05) is 140 Å². The molecule has 1 aliphatic carbocycles. The van der Waals surface area contributed by atoms with Crippen LogP contribution in [-0.4, -0.2) is 19.7 Å². The summed E-state index contributed by atoms with van der Waals surface area (Å²) in [4.78, 5) is 4.91. The van der Waals surface area contributed by atoms with Gasteiger partial charge in [-0.25, -0.2) is 4.98 Å². The minimum atomic E-state index is 0.683. The topological polar surface area (TPSA) is 46.5 Å². The van der Waals surface area contributed by atoms with E-state index >= 15 is 0 Å². The Morgan fingerprint density at radius 3 is 1.98 bits per heavy atom. The number of aromatic amines is 1. The van der Waals surface area contributed by atoms with Crippen LogP contribution in [0.1, 0.15) is 17.7 Å². The molecule has 0 atom stereocenters. The van der Waals surface area contributed by atoms with Crippen molar-refractivity contribution in [3.63, 3.8) is 0 Å². The van der Waals surface area contributed by atoms with E-state index in [1.165, 1.54) is 50.1 Å². The standard InChI is InChI=1S/C44H32N4/c1-3-12-30(13-4-1)34-16-11-17-36(28-34)44-45-43(46-47-44)33-24-22-32(23-25-33)39-29-35(31-14-5-2-6-15-31)26-27-42(39)48-40-20-9-7-18-37(40)38-19-8-10-21-41(38)48/h1-9,11-20,22-29H,10,21H2,(H,45,46,47). The number of hydrogen-bond acceptors (Lipinski definition) is 2. The van der Waals surface area contributed by atoms with Crippen LogP contribution in [0.3, 0.4) is 0 Å². The highest BCUT2D eigenvalue weighted by Gasteiger charge is 2.21. The van der Waals surface area contributed by atoms with E-state index in [2.05, 4.69) is 173 Å². The van der Waals surface area contributed by atoms with Gasteiger partial charge in [-0.05, 0) is 64.9 Å². The second-order valence-electron chi connectivity index (χ2n) is 12.3. The molecule has 9 rings (SSSR count). The molecule has 4 heteroatoms. The van der Waals surface area contributed by atoms with Crippen molar-refractivity contribution in [2.24, 2.45) is 0 Å². The Balaban J connectivity index is 1.12. The van der Waals surface area contributed by atoms with Crippen molar-refractivity contribution >= 4 is 17.0 Å². The average molecular weight is 617 g/mol. The summed E-state index contributed by atoms with van der Waals surface area (Å²) in [6, 6.07) is 53.8. The number of H-pyrrole nitrogens is 1. The van der Waals surface area contributed by atoms with Gasteiger partial charge in [0, 0.05) is 33.3 Å². The third-order valence-corrected chi connectivity index (χ3v) is 9.38. The molecule has 0 radical (unpaired) electrons. The third kappa shape index (κ3) is 4.95. The Morgan fingerprint density at radius 1 is 0.542 bits per heavy atom. The molecule has 0 saturated heterocycles. The maximum Gasteiger partial charge on any atom is 0.181 e. The Labute approximate surface area is 279 Å². The monoisotopic (exact) mass is 616 g/mol. The van der Waals surface area contributed by atoms with Gasteiger partial charge in [-0.15, -0.1) is 0 Å². The van der Waals surface area contributed by atoms with Crippen molar-refractivity contribution in [1.82, 2.24) is 19.7 Å². The number of hydrogen-bond donors (Lipinski definition) is 1. The summed E-state index contributed by atoms with van der Waals surface area (Å²) in [5, 5.41) is 9.08. The lowest BCUT2D eigenvalue weighted by Crippen LogP contribution is -2.05. The van der Waals surface area contributed by atoms with Crippen LogP contribution in [0.5, 0.6) is 0 Å². The Morgan fingerprint density at radius 2 is 1.19 bits per heavy atom. The second kappa shape index (κ2) is 11.8. The summed E-state index contributed by atoms with van der Waals surface area (Å²) in [5.74, 6) is 1.43. The largest absolute Gasteiger partial charge is 0.312 e. The summed E-state index contributed by atoms with van der Waals surface area (Å²) in [6.07, 6.45) is 6.66. The molecule has 2 heterocycles. The van der Waals surface area contributed by atoms with Crippen molar-refractivity contribution in [2.75, 3.05) is 0 Å². The highest BCUT2D eigenvalue weighted by molar-refractivity contribution is 5.95. The molecule has 1 aliphatic rings. The molecule has 0 amide bonds. The van der Waals surface area contributed by atoms with Gasteiger partial charge < -0.3 is 4.57 Å². The number of nitrogens with one attached hydrogen (secondary N) is 1. The summed E-state index contributed by atoms with van der Waals surface area (Å²) in [6.45, 7) is 0. The van der Waals surface area contributed by atoms with Crippen molar-refractivity contribution in [1.29, 1.82) is 0 Å². The Bertz CT molecular complexity index is 2430. The van der Waals surface area contributed by atoms with E-state index in [0.717, 1.165) is 40.9 Å². The molecule has 0 aliphatic heterocycles. The van der Waals surface area contributed by atoms with Crippen molar-refractivity contribution in [2.45, 2.75) is 12.8 Å². The number of allylic oxidation sites excluding steroid dienone is 1. The molecule has 48 heavy (non-hydrogen) atoms. The molecular weight excluding hydrogens is 585 g/mol. The van der Waals surface area contributed by atoms with E-state index in [0.29, 0.717) is 5.82 Å². The predicted octanol–water partition coefficient (Wildman–Crippen LogP) is 11.0. The van der Waals surface area contributed by atoms with Gasteiger partial charge in [0.2, 0.25) is 0 Å². The van der Waals surface area contributed by atoms with Crippen molar-refractivity contribution < 1.29 is 0 Å². The van der Waals surface area contributed by atoms with Gasteiger partial charge in [-0.2, -0.15) is 5.10 Å². The second-order valence-corrected chi connectivity index (χ2v) is 12.3. The van der Waals surface area contributed by atoms with Gasteiger partial charge in [0.1, 0.15) is 0 Å². The van der Waals surface area contributed by atoms with E-state index in [1.807, 2.05) is 6.07 Å². The van der Waals surface area contributed by atoms with Crippen LogP contribution < -0.4 is 0 Å². The molecule has 228 valence electrons. The van der Waals surface area contributed by atoms with Crippen molar-refractivity contribution in [3.05, 3.63) is 169 Å².